The van der Waals surface area contributed by atoms with Gasteiger partial charge in [-0.1, -0.05) is 18.2 Å². The molecule has 1 unspecified atom stereocenters. The quantitative estimate of drug-likeness (QED) is 0.896. The lowest BCUT2D eigenvalue weighted by Gasteiger charge is -2.10. The van der Waals surface area contributed by atoms with E-state index >= 15 is 0 Å². The van der Waals surface area contributed by atoms with Gasteiger partial charge in [0.25, 0.3) is 0 Å². The minimum Gasteiger partial charge on any atom is -0.481 e. The second kappa shape index (κ2) is 4.16. The lowest BCUT2D eigenvalue weighted by Crippen LogP contribution is -2.05. The molecule has 2 aromatic carbocycles. The van der Waals surface area contributed by atoms with Gasteiger partial charge >= 0.3 is 5.97 Å². The number of hydrogen-bond acceptors (Lipinski definition) is 1. The number of rotatable bonds is 2. The number of carboxylic acid groups (broad SMARTS) is 1. The zero-order valence-corrected chi connectivity index (χ0v) is 9.86. The minimum atomic E-state index is -0.989. The SMILES string of the molecule is O=C(O)CC1c2cc(F)ccc2-c2c(F)cccc21. The molecule has 1 N–H and O–H groups in total. The van der Waals surface area contributed by atoms with Crippen LogP contribution in [-0.4, -0.2) is 11.1 Å². The van der Waals surface area contributed by atoms with Gasteiger partial charge in [-0.15, -0.1) is 0 Å². The maximum atomic E-state index is 13.9. The van der Waals surface area contributed by atoms with Crippen LogP contribution >= 0.6 is 0 Å². The first-order chi connectivity index (χ1) is 9.08. The van der Waals surface area contributed by atoms with E-state index in [1.807, 2.05) is 0 Å². The third-order valence-corrected chi connectivity index (χ3v) is 3.46. The minimum absolute atomic E-state index is 0.174. The van der Waals surface area contributed by atoms with Gasteiger partial charge in [0, 0.05) is 11.5 Å². The van der Waals surface area contributed by atoms with Crippen LogP contribution < -0.4 is 0 Å². The van der Waals surface area contributed by atoms with Gasteiger partial charge in [-0.3, -0.25) is 4.79 Å². The lowest BCUT2D eigenvalue weighted by atomic mass is 9.94. The van der Waals surface area contributed by atoms with Gasteiger partial charge in [-0.25, -0.2) is 8.78 Å². The molecule has 96 valence electrons. The van der Waals surface area contributed by atoms with Crippen molar-refractivity contribution in [2.75, 3.05) is 0 Å². The zero-order chi connectivity index (χ0) is 13.6. The third-order valence-electron chi connectivity index (χ3n) is 3.46. The lowest BCUT2D eigenvalue weighted by molar-refractivity contribution is -0.137. The molecule has 0 aromatic heterocycles. The van der Waals surface area contributed by atoms with Crippen molar-refractivity contribution < 1.29 is 18.7 Å². The summed E-state index contributed by atoms with van der Waals surface area (Å²) in [5.41, 5.74) is 2.13. The Bertz CT molecular complexity index is 680. The van der Waals surface area contributed by atoms with Crippen molar-refractivity contribution in [3.05, 3.63) is 59.2 Å². The fourth-order valence-corrected chi connectivity index (χ4v) is 2.73. The molecule has 0 spiro atoms. The van der Waals surface area contributed by atoms with E-state index in [9.17, 15) is 13.6 Å². The second-order valence-corrected chi connectivity index (χ2v) is 4.59. The maximum absolute atomic E-state index is 13.9. The van der Waals surface area contributed by atoms with E-state index in [-0.39, 0.29) is 6.42 Å². The smallest absolute Gasteiger partial charge is 0.304 e. The average Bonchev–Trinajstić information content (AvgIpc) is 2.64. The van der Waals surface area contributed by atoms with Crippen LogP contribution in [0.4, 0.5) is 8.78 Å². The van der Waals surface area contributed by atoms with E-state index in [0.717, 1.165) is 0 Å². The molecule has 0 radical (unpaired) electrons. The normalized spacial score (nSPS) is 16.0. The molecule has 4 heteroatoms. The molecule has 1 aliphatic rings. The summed E-state index contributed by atoms with van der Waals surface area (Å²) >= 11 is 0. The fourth-order valence-electron chi connectivity index (χ4n) is 2.73. The van der Waals surface area contributed by atoms with Crippen LogP contribution in [-0.2, 0) is 4.79 Å². The van der Waals surface area contributed by atoms with E-state index in [2.05, 4.69) is 0 Å². The first-order valence-corrected chi connectivity index (χ1v) is 5.88. The van der Waals surface area contributed by atoms with Gasteiger partial charge in [-0.2, -0.15) is 0 Å². The highest BCUT2D eigenvalue weighted by Crippen LogP contribution is 2.47. The topological polar surface area (TPSA) is 37.3 Å². The second-order valence-electron chi connectivity index (χ2n) is 4.59. The van der Waals surface area contributed by atoms with Crippen LogP contribution in [0.5, 0.6) is 0 Å². The number of aliphatic carboxylic acids is 1. The molecule has 2 aromatic rings. The molecule has 1 aliphatic carbocycles. The zero-order valence-electron chi connectivity index (χ0n) is 9.86. The van der Waals surface area contributed by atoms with Crippen LogP contribution in [0.1, 0.15) is 23.5 Å². The van der Waals surface area contributed by atoms with E-state index < -0.39 is 23.5 Å². The van der Waals surface area contributed by atoms with E-state index in [1.165, 1.54) is 24.3 Å². The van der Waals surface area contributed by atoms with Crippen molar-refractivity contribution in [2.24, 2.45) is 0 Å². The van der Waals surface area contributed by atoms with Crippen LogP contribution in [0.15, 0.2) is 36.4 Å². The highest BCUT2D eigenvalue weighted by molar-refractivity contribution is 5.82. The summed E-state index contributed by atoms with van der Waals surface area (Å²) in [7, 11) is 0. The molecular weight excluding hydrogens is 250 g/mol. The predicted molar refractivity (Wildman–Crippen MR) is 65.9 cm³/mol. The standard InChI is InChI=1S/C15H10F2O2/c16-8-4-5-10-11(6-8)12(7-14(18)19)9-2-1-3-13(17)15(9)10/h1-6,12H,7H2,(H,18,19). The molecule has 2 nitrogen and oxygen atoms in total. The molecule has 0 amide bonds. The van der Waals surface area contributed by atoms with E-state index in [1.54, 1.807) is 12.1 Å². The molecule has 0 aliphatic heterocycles. The molecule has 0 saturated heterocycles. The van der Waals surface area contributed by atoms with Gasteiger partial charge in [0.2, 0.25) is 0 Å². The molecule has 19 heavy (non-hydrogen) atoms. The van der Waals surface area contributed by atoms with Gasteiger partial charge < -0.3 is 5.11 Å². The highest BCUT2D eigenvalue weighted by atomic mass is 19.1. The molecular formula is C15H10F2O2. The third kappa shape index (κ3) is 1.80. The summed E-state index contributed by atoms with van der Waals surface area (Å²) < 4.78 is 27.3. The number of carboxylic acids is 1. The Morgan fingerprint density at radius 3 is 2.68 bits per heavy atom. The first kappa shape index (κ1) is 11.8. The number of benzene rings is 2. The Labute approximate surface area is 108 Å². The largest absolute Gasteiger partial charge is 0.481 e. The Balaban J connectivity index is 2.26. The van der Waals surface area contributed by atoms with Crippen molar-refractivity contribution >= 4 is 5.97 Å². The predicted octanol–water partition coefficient (Wildman–Crippen LogP) is 3.55. The summed E-state index contributed by atoms with van der Waals surface area (Å²) in [6.45, 7) is 0. The van der Waals surface area contributed by atoms with Crippen LogP contribution in [0.2, 0.25) is 0 Å². The van der Waals surface area contributed by atoms with Crippen LogP contribution in [0, 0.1) is 11.6 Å². The molecule has 1 atom stereocenters. The maximum Gasteiger partial charge on any atom is 0.304 e. The molecule has 0 saturated carbocycles. The average molecular weight is 260 g/mol. The molecule has 0 heterocycles. The number of halogens is 2. The number of carbonyl (C=O) groups is 1. The van der Waals surface area contributed by atoms with Crippen molar-refractivity contribution in [2.45, 2.75) is 12.3 Å². The Hall–Kier alpha value is -2.23. The van der Waals surface area contributed by atoms with E-state index in [4.69, 9.17) is 5.11 Å². The molecule has 3 rings (SSSR count). The van der Waals surface area contributed by atoms with Gasteiger partial charge in [0.15, 0.2) is 0 Å². The molecule has 0 fully saturated rings. The van der Waals surface area contributed by atoms with Crippen molar-refractivity contribution in [3.8, 4) is 11.1 Å². The van der Waals surface area contributed by atoms with Crippen molar-refractivity contribution in [3.63, 3.8) is 0 Å². The van der Waals surface area contributed by atoms with Crippen LogP contribution in [0.25, 0.3) is 11.1 Å². The summed E-state index contributed by atoms with van der Waals surface area (Å²) in [4.78, 5) is 11.0. The van der Waals surface area contributed by atoms with Crippen LogP contribution in [0.3, 0.4) is 0 Å². The van der Waals surface area contributed by atoms with E-state index in [0.29, 0.717) is 22.3 Å². The number of hydrogen-bond donors (Lipinski definition) is 1. The highest BCUT2D eigenvalue weighted by Gasteiger charge is 2.32. The summed E-state index contributed by atoms with van der Waals surface area (Å²) in [5, 5.41) is 8.98. The summed E-state index contributed by atoms with van der Waals surface area (Å²) in [6.07, 6.45) is -0.174. The Kier molecular flexibility index (Phi) is 2.59. The van der Waals surface area contributed by atoms with Gasteiger partial charge in [0.1, 0.15) is 11.6 Å². The first-order valence-electron chi connectivity index (χ1n) is 5.88. The summed E-state index contributed by atoms with van der Waals surface area (Å²) in [6, 6.07) is 8.64. The monoisotopic (exact) mass is 260 g/mol. The molecule has 0 bridgehead atoms. The van der Waals surface area contributed by atoms with Gasteiger partial charge in [0.05, 0.1) is 6.42 Å². The van der Waals surface area contributed by atoms with Crippen molar-refractivity contribution in [1.29, 1.82) is 0 Å². The van der Waals surface area contributed by atoms with Gasteiger partial charge in [-0.05, 0) is 34.9 Å². The number of fused-ring (bicyclic) bond motifs is 3. The van der Waals surface area contributed by atoms with Crippen molar-refractivity contribution in [1.82, 2.24) is 0 Å². The summed E-state index contributed by atoms with van der Waals surface area (Å²) in [5.74, 6) is -2.33. The fraction of sp³-hybridized carbons (Fsp3) is 0.133. The Morgan fingerprint density at radius 2 is 1.95 bits per heavy atom. The Morgan fingerprint density at radius 1 is 1.16 bits per heavy atom.